The minimum absolute atomic E-state index is 0.103. The first kappa shape index (κ1) is 38.5. The highest BCUT2D eigenvalue weighted by atomic mass is 31.3. The molecule has 0 aliphatic carbocycles. The summed E-state index contributed by atoms with van der Waals surface area (Å²) in [5.74, 6) is -0.103. The van der Waals surface area contributed by atoms with Crippen molar-refractivity contribution in [1.82, 2.24) is 19.1 Å². The van der Waals surface area contributed by atoms with Crippen LogP contribution in [0.5, 0.6) is 0 Å². The predicted molar refractivity (Wildman–Crippen MR) is 149 cm³/mol. The van der Waals surface area contributed by atoms with Crippen LogP contribution in [0.2, 0.25) is 0 Å². The van der Waals surface area contributed by atoms with E-state index in [0.717, 1.165) is 16.8 Å². The Labute approximate surface area is 265 Å². The molecule has 0 aromatic carbocycles. The van der Waals surface area contributed by atoms with Gasteiger partial charge in [0.05, 0.1) is 19.3 Å². The summed E-state index contributed by atoms with van der Waals surface area (Å²) in [5.41, 5.74) is 2.68. The molecule has 0 saturated carbocycles. The van der Waals surface area contributed by atoms with E-state index in [1.165, 1.54) is 12.3 Å². The van der Waals surface area contributed by atoms with Crippen molar-refractivity contribution in [3.63, 3.8) is 0 Å². The molecule has 10 N–H and O–H groups in total. The van der Waals surface area contributed by atoms with Crippen LogP contribution in [0.1, 0.15) is 18.9 Å². The molecule has 270 valence electrons. The van der Waals surface area contributed by atoms with Crippen LogP contribution in [0.3, 0.4) is 0 Å². The van der Waals surface area contributed by atoms with Gasteiger partial charge in [0, 0.05) is 24.9 Å². The number of aromatic nitrogens is 4. The third kappa shape index (κ3) is 9.91. The van der Waals surface area contributed by atoms with E-state index in [9.17, 15) is 67.5 Å². The fourth-order valence-corrected chi connectivity index (χ4v) is 9.16. The Hall–Kier alpha value is -2.28. The molecule has 2 aliphatic rings. The Balaban J connectivity index is 1.29. The zero-order valence-corrected chi connectivity index (χ0v) is 27.1. The molecular formula is C18H27N5O21P4. The van der Waals surface area contributed by atoms with E-state index in [4.69, 9.17) is 15.2 Å². The average molecular weight is 773 g/mol. The first-order valence-corrected chi connectivity index (χ1v) is 18.8. The molecule has 4 unspecified atom stereocenters. The number of anilines is 1. The average Bonchev–Trinajstić information content (AvgIpc) is 3.42. The molecule has 0 amide bonds. The quantitative estimate of drug-likeness (QED) is 0.0871. The van der Waals surface area contributed by atoms with E-state index in [1.54, 1.807) is 0 Å². The van der Waals surface area contributed by atoms with Crippen LogP contribution in [0.4, 0.5) is 5.82 Å². The van der Waals surface area contributed by atoms with Gasteiger partial charge in [0.1, 0.15) is 36.5 Å². The molecule has 11 atom stereocenters. The predicted octanol–water partition coefficient (Wildman–Crippen LogP) is -2.87. The lowest BCUT2D eigenvalue weighted by atomic mass is 10.1. The summed E-state index contributed by atoms with van der Waals surface area (Å²) in [6, 6.07) is 2.13. The summed E-state index contributed by atoms with van der Waals surface area (Å²) < 4.78 is 81.2. The van der Waals surface area contributed by atoms with Gasteiger partial charge in [-0.15, -0.1) is 0 Å². The van der Waals surface area contributed by atoms with Crippen LogP contribution >= 0.6 is 31.3 Å². The first-order valence-electron chi connectivity index (χ1n) is 12.8. The molecule has 0 radical (unpaired) electrons. The summed E-state index contributed by atoms with van der Waals surface area (Å²) in [7, 11) is -23.8. The van der Waals surface area contributed by atoms with Crippen molar-refractivity contribution in [2.45, 2.75) is 49.4 Å². The Morgan fingerprint density at radius 1 is 0.812 bits per heavy atom. The molecule has 48 heavy (non-hydrogen) atoms. The molecule has 0 spiro atoms. The molecular weight excluding hydrogens is 746 g/mol. The fraction of sp³-hybridized carbons (Fsp3) is 0.556. The highest BCUT2D eigenvalue weighted by molar-refractivity contribution is 7.69. The van der Waals surface area contributed by atoms with Gasteiger partial charge in [0.15, 0.2) is 6.23 Å². The van der Waals surface area contributed by atoms with E-state index in [0.29, 0.717) is 4.57 Å². The first-order chi connectivity index (χ1) is 22.1. The van der Waals surface area contributed by atoms with Crippen molar-refractivity contribution in [1.29, 1.82) is 0 Å². The minimum atomic E-state index is -6.19. The number of hydrogen-bond acceptors (Lipinski definition) is 19. The summed E-state index contributed by atoms with van der Waals surface area (Å²) >= 11 is 0. The van der Waals surface area contributed by atoms with Gasteiger partial charge in [-0.05, 0) is 6.07 Å². The number of nitrogens with zero attached hydrogens (tertiary/aromatic N) is 3. The number of nitrogens with one attached hydrogen (secondary N) is 1. The van der Waals surface area contributed by atoms with Gasteiger partial charge in [-0.1, -0.05) is 0 Å². The molecule has 26 nitrogen and oxygen atoms in total. The van der Waals surface area contributed by atoms with Crippen LogP contribution in [0.15, 0.2) is 38.9 Å². The topological polar surface area (TPSA) is 390 Å². The van der Waals surface area contributed by atoms with Crippen molar-refractivity contribution >= 4 is 37.1 Å². The fourth-order valence-electron chi connectivity index (χ4n) is 4.21. The zero-order chi connectivity index (χ0) is 35.8. The number of ether oxygens (including phenoxy) is 2. The zero-order valence-electron chi connectivity index (χ0n) is 23.5. The number of aromatic amines is 1. The van der Waals surface area contributed by atoms with Crippen LogP contribution < -0.4 is 22.7 Å². The van der Waals surface area contributed by atoms with Crippen LogP contribution in [0, 0.1) is 0 Å². The van der Waals surface area contributed by atoms with Gasteiger partial charge in [-0.3, -0.25) is 28.0 Å². The lowest BCUT2D eigenvalue weighted by molar-refractivity contribution is -0.0542. The monoisotopic (exact) mass is 773 g/mol. The largest absolute Gasteiger partial charge is 0.490 e. The minimum Gasteiger partial charge on any atom is -0.390 e. The number of nitrogens with two attached hydrogens (primary N) is 1. The maximum Gasteiger partial charge on any atom is 0.490 e. The normalized spacial score (nSPS) is 31.0. The van der Waals surface area contributed by atoms with E-state index in [1.807, 2.05) is 4.98 Å². The maximum absolute atomic E-state index is 12.2. The maximum atomic E-state index is 12.2. The summed E-state index contributed by atoms with van der Waals surface area (Å²) in [6.45, 7) is -2.20. The Bertz CT molecular complexity index is 1870. The number of rotatable bonds is 14. The highest BCUT2D eigenvalue weighted by Crippen LogP contribution is 2.71. The molecule has 4 rings (SSSR count). The van der Waals surface area contributed by atoms with E-state index in [-0.39, 0.29) is 12.2 Å². The van der Waals surface area contributed by atoms with Crippen molar-refractivity contribution in [2.24, 2.45) is 0 Å². The second-order valence-electron chi connectivity index (χ2n) is 9.75. The summed E-state index contributed by atoms with van der Waals surface area (Å²) in [6.07, 6.45) is -9.25. The molecule has 4 heterocycles. The van der Waals surface area contributed by atoms with Gasteiger partial charge < -0.3 is 50.1 Å². The third-order valence-corrected chi connectivity index (χ3v) is 12.2. The van der Waals surface area contributed by atoms with Crippen molar-refractivity contribution in [3.05, 3.63) is 55.8 Å². The summed E-state index contributed by atoms with van der Waals surface area (Å²) in [5, 5.41) is 30.5. The lowest BCUT2D eigenvalue weighted by Crippen LogP contribution is -2.37. The molecule has 2 saturated heterocycles. The van der Waals surface area contributed by atoms with Crippen LogP contribution in [0.25, 0.3) is 0 Å². The molecule has 30 heteroatoms. The van der Waals surface area contributed by atoms with Crippen molar-refractivity contribution in [3.8, 4) is 0 Å². The smallest absolute Gasteiger partial charge is 0.390 e. The Morgan fingerprint density at radius 3 is 1.92 bits per heavy atom. The molecule has 2 aliphatic heterocycles. The van der Waals surface area contributed by atoms with Gasteiger partial charge in [0.25, 0.3) is 5.56 Å². The van der Waals surface area contributed by atoms with Crippen LogP contribution in [-0.2, 0) is 49.7 Å². The molecule has 2 aromatic heterocycles. The number of nitrogen functional groups attached to an aromatic ring is 1. The van der Waals surface area contributed by atoms with Gasteiger partial charge in [0.2, 0.25) is 0 Å². The van der Waals surface area contributed by atoms with Gasteiger partial charge >= 0.3 is 42.7 Å². The number of aliphatic hydroxyl groups is 3. The van der Waals surface area contributed by atoms with Crippen molar-refractivity contribution < 1.29 is 84.6 Å². The Kier molecular flexibility index (Phi) is 11.7. The van der Waals surface area contributed by atoms with Gasteiger partial charge in [-0.2, -0.15) is 17.9 Å². The number of aliphatic hydroxyl groups excluding tert-OH is 3. The second-order valence-corrected chi connectivity index (χ2v) is 16.0. The Morgan fingerprint density at radius 2 is 1.35 bits per heavy atom. The van der Waals surface area contributed by atoms with Crippen LogP contribution in [-0.4, -0.2) is 97.7 Å². The second kappa shape index (κ2) is 14.5. The molecule has 2 fully saturated rings. The molecule has 0 bridgehead atoms. The van der Waals surface area contributed by atoms with E-state index >= 15 is 0 Å². The van der Waals surface area contributed by atoms with E-state index in [2.05, 4.69) is 27.0 Å². The number of phosphoric ester groups is 2. The third-order valence-electron chi connectivity index (χ3n) is 6.25. The molecule has 2 aromatic rings. The number of phosphoric acid groups is 4. The van der Waals surface area contributed by atoms with Gasteiger partial charge in [-0.25, -0.2) is 27.8 Å². The standard InChI is InChI=1S/C18H27N5O21P4/c19-11-1-3-22(17(28)20-11)13-5-8(24)9(40-13)6-38-45(30,31)42-47(34,35)44-48(36,37)43-46(32,33)39-7-10-14(26)15(27)16(41-10)23-4-2-12(25)21-18(23)29/h1-4,8-10,13-16,24,26-27H,5-7H2,(H,30,31)(H,32,33)(H,34,35)(H,36,37)(H2,19,20,28)(H,21,25,29)/t8-,9-,10-,13-,14-,15-,16-/m1/s1. The number of hydrogen-bond donors (Lipinski definition) is 9. The summed E-state index contributed by atoms with van der Waals surface area (Å²) in [4.78, 5) is 79.6. The highest BCUT2D eigenvalue weighted by Gasteiger charge is 2.49. The van der Waals surface area contributed by atoms with E-state index < -0.39 is 104 Å². The number of H-pyrrole nitrogens is 1. The lowest BCUT2D eigenvalue weighted by Gasteiger charge is -2.21. The van der Waals surface area contributed by atoms with Crippen molar-refractivity contribution in [2.75, 3.05) is 18.9 Å². The SMILES string of the molecule is Nc1ccn([C@H]2C[C@@H](O)[C@@H](COP(=O)(O)OP(=O)(O)OP(=O)(O)OP(=O)(O)OC[C@H]3O[C@@H](n4ccc(=O)[nH]c4=O)[C@H](O)[C@@H]3O)O2)c(=O)n1.